The fourth-order valence-electron chi connectivity index (χ4n) is 3.15. The molecule has 2 aromatic rings. The molecule has 0 saturated heterocycles. The molecule has 3 rings (SSSR count). The molecule has 1 unspecified atom stereocenters. The van der Waals surface area contributed by atoms with Gasteiger partial charge in [0.05, 0.1) is 19.8 Å². The molecule has 1 atom stereocenters. The topological polar surface area (TPSA) is 105 Å². The van der Waals surface area contributed by atoms with Gasteiger partial charge >= 0.3 is 0 Å². The van der Waals surface area contributed by atoms with Gasteiger partial charge in [0.25, 0.3) is 5.91 Å². The van der Waals surface area contributed by atoms with Crippen LogP contribution in [0.5, 0.6) is 11.5 Å². The summed E-state index contributed by atoms with van der Waals surface area (Å²) in [7, 11) is 2.94. The Kier molecular flexibility index (Phi) is 5.57. The Bertz CT molecular complexity index is 923. The number of methoxy groups -OCH3 is 2. The zero-order chi connectivity index (χ0) is 19.6. The highest BCUT2D eigenvalue weighted by molar-refractivity contribution is 7.78. The van der Waals surface area contributed by atoms with E-state index in [0.717, 1.165) is 5.56 Å². The van der Waals surface area contributed by atoms with Crippen molar-refractivity contribution < 1.29 is 27.8 Å². The van der Waals surface area contributed by atoms with Gasteiger partial charge in [0.2, 0.25) is 0 Å². The van der Waals surface area contributed by atoms with Gasteiger partial charge in [0, 0.05) is 29.5 Å². The largest absolute Gasteiger partial charge is 0.772 e. The summed E-state index contributed by atoms with van der Waals surface area (Å²) in [6.45, 7) is 0. The highest BCUT2D eigenvalue weighted by Gasteiger charge is 2.30. The maximum absolute atomic E-state index is 12.6. The van der Waals surface area contributed by atoms with Gasteiger partial charge in [-0.3, -0.25) is 13.8 Å². The lowest BCUT2D eigenvalue weighted by molar-refractivity contribution is 0.0989. The van der Waals surface area contributed by atoms with E-state index in [9.17, 15) is 18.4 Å². The molecule has 8 heteroatoms. The first-order valence-electron chi connectivity index (χ1n) is 8.21. The molecule has 0 radical (unpaired) electrons. The van der Waals surface area contributed by atoms with E-state index >= 15 is 0 Å². The highest BCUT2D eigenvalue weighted by atomic mass is 32.2. The first kappa shape index (κ1) is 19.1. The van der Waals surface area contributed by atoms with Gasteiger partial charge < -0.3 is 19.3 Å². The lowest BCUT2D eigenvalue weighted by Crippen LogP contribution is -2.14. The van der Waals surface area contributed by atoms with Crippen molar-refractivity contribution in [2.45, 2.75) is 18.6 Å². The van der Waals surface area contributed by atoms with Crippen LogP contribution >= 0.6 is 0 Å². The Morgan fingerprint density at radius 2 is 1.89 bits per heavy atom. The molecule has 0 saturated carbocycles. The van der Waals surface area contributed by atoms with Crippen LogP contribution in [-0.2, 0) is 23.3 Å². The van der Waals surface area contributed by atoms with Crippen molar-refractivity contribution in [1.29, 1.82) is 0 Å². The second kappa shape index (κ2) is 7.89. The second-order valence-corrected chi connectivity index (χ2v) is 6.93. The number of anilines is 1. The van der Waals surface area contributed by atoms with Crippen LogP contribution in [0.25, 0.3) is 0 Å². The van der Waals surface area contributed by atoms with Crippen LogP contribution in [-0.4, -0.2) is 34.7 Å². The van der Waals surface area contributed by atoms with Crippen LogP contribution in [0.3, 0.4) is 0 Å². The maximum atomic E-state index is 12.6. The minimum atomic E-state index is -2.18. The number of carbonyl (C=O) groups is 2. The van der Waals surface area contributed by atoms with Crippen molar-refractivity contribution in [3.8, 4) is 11.5 Å². The van der Waals surface area contributed by atoms with Crippen molar-refractivity contribution in [2.75, 3.05) is 19.5 Å². The summed E-state index contributed by atoms with van der Waals surface area (Å²) in [5, 5.41) is 2.82. The number of ketones is 1. The summed E-state index contributed by atoms with van der Waals surface area (Å²) in [5.41, 5.74) is 2.65. The first-order chi connectivity index (χ1) is 12.9. The molecule has 0 aliphatic heterocycles. The number of ether oxygens (including phenoxy) is 2. The molecule has 1 amide bonds. The van der Waals surface area contributed by atoms with Gasteiger partial charge in [0.1, 0.15) is 0 Å². The molecule has 2 aromatic carbocycles. The van der Waals surface area contributed by atoms with Gasteiger partial charge in [0.15, 0.2) is 17.3 Å². The smallest absolute Gasteiger partial charge is 0.255 e. The molecule has 0 spiro atoms. The number of benzene rings is 2. The Morgan fingerprint density at radius 1 is 1.19 bits per heavy atom. The number of carbonyl (C=O) groups excluding carboxylic acids is 2. The number of hydrogen-bond donors (Lipinski definition) is 1. The number of fused-ring (bicyclic) bond motifs is 1. The number of Topliss-reactive ketones (excluding diaryl/α,β-unsaturated/α-hetero) is 1. The molecule has 0 bridgehead atoms. The predicted molar refractivity (Wildman–Crippen MR) is 99.2 cm³/mol. The van der Waals surface area contributed by atoms with E-state index in [1.807, 2.05) is 0 Å². The van der Waals surface area contributed by atoms with E-state index in [4.69, 9.17) is 9.47 Å². The standard InChI is InChI=1S/C19H19NO6S/c1-25-16-9-14(13-7-8-15(21)17(13)18(16)26-2)20-19(22)12-5-3-11(4-6-12)10-27(23)24/h3-6,9H,7-8,10H2,1-2H3,(H,20,22)(H,23,24)/p-1. The van der Waals surface area contributed by atoms with Crippen molar-refractivity contribution in [3.05, 3.63) is 52.6 Å². The SMILES string of the molecule is COc1cc(NC(=O)c2ccc(CS(=O)[O-])cc2)c2c(c1OC)C(=O)CC2. The van der Waals surface area contributed by atoms with Gasteiger partial charge in [-0.2, -0.15) is 0 Å². The monoisotopic (exact) mass is 388 g/mol. The van der Waals surface area contributed by atoms with E-state index in [2.05, 4.69) is 5.32 Å². The molecule has 27 heavy (non-hydrogen) atoms. The minimum absolute atomic E-state index is 0.0498. The molecule has 0 fully saturated rings. The molecule has 1 aliphatic rings. The van der Waals surface area contributed by atoms with Crippen LogP contribution in [0.2, 0.25) is 0 Å². The summed E-state index contributed by atoms with van der Waals surface area (Å²) >= 11 is -2.18. The average Bonchev–Trinajstić information content (AvgIpc) is 3.03. The van der Waals surface area contributed by atoms with Crippen molar-refractivity contribution in [3.63, 3.8) is 0 Å². The van der Waals surface area contributed by atoms with E-state index < -0.39 is 11.1 Å². The van der Waals surface area contributed by atoms with Crippen molar-refractivity contribution in [1.82, 2.24) is 0 Å². The Labute approximate surface area is 159 Å². The molecule has 1 N–H and O–H groups in total. The molecule has 142 valence electrons. The van der Waals surface area contributed by atoms with Gasteiger partial charge in [-0.05, 0) is 29.7 Å². The average molecular weight is 388 g/mol. The third-order valence-electron chi connectivity index (χ3n) is 4.41. The zero-order valence-electron chi connectivity index (χ0n) is 14.9. The Morgan fingerprint density at radius 3 is 2.48 bits per heavy atom. The summed E-state index contributed by atoms with van der Waals surface area (Å²) in [5.74, 6) is 0.232. The third-order valence-corrected chi connectivity index (χ3v) is 4.98. The van der Waals surface area contributed by atoms with Crippen LogP contribution in [0.4, 0.5) is 5.69 Å². The fourth-order valence-corrected chi connectivity index (χ4v) is 3.61. The Balaban J connectivity index is 1.90. The molecular formula is C19H18NO6S-. The second-order valence-electron chi connectivity index (χ2n) is 6.04. The fraction of sp³-hybridized carbons (Fsp3) is 0.263. The number of hydrogen-bond acceptors (Lipinski definition) is 6. The predicted octanol–water partition coefficient (Wildman–Crippen LogP) is 2.46. The molecule has 0 heterocycles. The lowest BCUT2D eigenvalue weighted by Gasteiger charge is -2.16. The molecule has 1 aliphatic carbocycles. The van der Waals surface area contributed by atoms with Crippen LogP contribution < -0.4 is 14.8 Å². The molecule has 7 nitrogen and oxygen atoms in total. The summed E-state index contributed by atoms with van der Waals surface area (Å²) < 4.78 is 32.1. The summed E-state index contributed by atoms with van der Waals surface area (Å²) in [4.78, 5) is 24.8. The number of nitrogens with one attached hydrogen (secondary N) is 1. The highest BCUT2D eigenvalue weighted by Crippen LogP contribution is 2.42. The van der Waals surface area contributed by atoms with E-state index in [0.29, 0.717) is 46.7 Å². The molecule has 0 aromatic heterocycles. The van der Waals surface area contributed by atoms with Crippen molar-refractivity contribution >= 4 is 28.5 Å². The maximum Gasteiger partial charge on any atom is 0.255 e. The lowest BCUT2D eigenvalue weighted by atomic mass is 10.0. The Hall–Kier alpha value is -2.71. The van der Waals surface area contributed by atoms with Crippen LogP contribution in [0.1, 0.15) is 38.3 Å². The van der Waals surface area contributed by atoms with E-state index in [1.165, 1.54) is 14.2 Å². The van der Waals surface area contributed by atoms with Crippen LogP contribution in [0, 0.1) is 0 Å². The molecular weight excluding hydrogens is 370 g/mol. The normalized spacial score (nSPS) is 13.8. The number of amides is 1. The number of rotatable bonds is 6. The van der Waals surface area contributed by atoms with Gasteiger partial charge in [-0.25, -0.2) is 0 Å². The zero-order valence-corrected chi connectivity index (χ0v) is 15.7. The van der Waals surface area contributed by atoms with Gasteiger partial charge in [-0.1, -0.05) is 23.2 Å². The first-order valence-corrected chi connectivity index (χ1v) is 9.46. The van der Waals surface area contributed by atoms with Crippen LogP contribution in [0.15, 0.2) is 30.3 Å². The van der Waals surface area contributed by atoms with E-state index in [-0.39, 0.29) is 17.4 Å². The quantitative estimate of drug-likeness (QED) is 0.762. The van der Waals surface area contributed by atoms with Crippen molar-refractivity contribution in [2.24, 2.45) is 0 Å². The summed E-state index contributed by atoms with van der Waals surface area (Å²) in [6.07, 6.45) is 0.862. The minimum Gasteiger partial charge on any atom is -0.772 e. The third kappa shape index (κ3) is 3.86. The van der Waals surface area contributed by atoms with Gasteiger partial charge in [-0.15, -0.1) is 0 Å². The summed E-state index contributed by atoms with van der Waals surface area (Å²) in [6, 6.07) is 7.94. The van der Waals surface area contributed by atoms with E-state index in [1.54, 1.807) is 30.3 Å².